The highest BCUT2D eigenvalue weighted by Crippen LogP contribution is 2.22. The maximum atomic E-state index is 6.10. The van der Waals surface area contributed by atoms with E-state index in [9.17, 15) is 0 Å². The normalized spacial score (nSPS) is 10.8. The van der Waals surface area contributed by atoms with Crippen LogP contribution in [0.4, 0.5) is 5.69 Å². The molecule has 2 heterocycles. The second-order valence-electron chi connectivity index (χ2n) is 4.07. The van der Waals surface area contributed by atoms with Gasteiger partial charge in [-0.25, -0.2) is 9.67 Å². The molecular formula is C13H18N4. The molecule has 0 spiro atoms. The Bertz CT molecular complexity index is 528. The lowest BCUT2D eigenvalue weighted by atomic mass is 10.2. The first-order valence-corrected chi connectivity index (χ1v) is 5.97. The molecule has 0 saturated heterocycles. The van der Waals surface area contributed by atoms with Crippen molar-refractivity contribution in [3.8, 4) is 5.82 Å². The number of hydrogen-bond acceptors (Lipinski definition) is 3. The van der Waals surface area contributed by atoms with E-state index in [0.717, 1.165) is 41.3 Å². The third-order valence-corrected chi connectivity index (χ3v) is 2.95. The molecule has 0 unspecified atom stereocenters. The number of aromatic nitrogens is 3. The van der Waals surface area contributed by atoms with Crippen LogP contribution in [0, 0.1) is 6.92 Å². The van der Waals surface area contributed by atoms with Crippen LogP contribution in [0.25, 0.3) is 5.82 Å². The number of anilines is 1. The molecule has 90 valence electrons. The molecule has 0 amide bonds. The number of nitrogens with two attached hydrogens (primary N) is 1. The molecule has 2 aromatic rings. The molecule has 2 N–H and O–H groups in total. The second kappa shape index (κ2) is 4.57. The Morgan fingerprint density at radius 1 is 1.29 bits per heavy atom. The molecule has 2 aromatic heterocycles. The Hall–Kier alpha value is -1.84. The highest BCUT2D eigenvalue weighted by Gasteiger charge is 2.15. The zero-order valence-electron chi connectivity index (χ0n) is 10.6. The van der Waals surface area contributed by atoms with Crippen LogP contribution in [0.2, 0.25) is 0 Å². The van der Waals surface area contributed by atoms with Crippen LogP contribution < -0.4 is 5.73 Å². The molecule has 4 heteroatoms. The van der Waals surface area contributed by atoms with Gasteiger partial charge in [-0.15, -0.1) is 0 Å². The van der Waals surface area contributed by atoms with Crippen molar-refractivity contribution in [1.29, 1.82) is 0 Å². The first-order valence-electron chi connectivity index (χ1n) is 5.97. The maximum absolute atomic E-state index is 6.10. The van der Waals surface area contributed by atoms with Crippen molar-refractivity contribution in [3.63, 3.8) is 0 Å². The van der Waals surface area contributed by atoms with Crippen LogP contribution in [0.1, 0.15) is 30.8 Å². The number of pyridine rings is 1. The van der Waals surface area contributed by atoms with Gasteiger partial charge in [0, 0.05) is 6.20 Å². The number of hydrogen-bond donors (Lipinski definition) is 1. The van der Waals surface area contributed by atoms with Crippen molar-refractivity contribution < 1.29 is 0 Å². The van der Waals surface area contributed by atoms with Gasteiger partial charge in [0.05, 0.1) is 17.1 Å². The Labute approximate surface area is 101 Å². The molecule has 2 rings (SSSR count). The van der Waals surface area contributed by atoms with Crippen molar-refractivity contribution >= 4 is 5.69 Å². The molecule has 0 atom stereocenters. The van der Waals surface area contributed by atoms with Crippen molar-refractivity contribution in [2.75, 3.05) is 5.73 Å². The van der Waals surface area contributed by atoms with Crippen molar-refractivity contribution in [2.24, 2.45) is 0 Å². The molecule has 0 aliphatic carbocycles. The minimum atomic E-state index is 0.806. The van der Waals surface area contributed by atoms with Crippen LogP contribution in [-0.2, 0) is 12.8 Å². The summed E-state index contributed by atoms with van der Waals surface area (Å²) in [5.41, 5.74) is 10.0. The molecular weight excluding hydrogens is 212 g/mol. The van der Waals surface area contributed by atoms with Crippen LogP contribution in [0.3, 0.4) is 0 Å². The summed E-state index contributed by atoms with van der Waals surface area (Å²) < 4.78 is 1.88. The molecule has 0 aromatic carbocycles. The fourth-order valence-electron chi connectivity index (χ4n) is 1.99. The van der Waals surface area contributed by atoms with Gasteiger partial charge < -0.3 is 5.73 Å². The number of nitrogen functional groups attached to an aromatic ring is 1. The summed E-state index contributed by atoms with van der Waals surface area (Å²) in [6, 6.07) is 3.96. The van der Waals surface area contributed by atoms with E-state index in [2.05, 4.69) is 23.9 Å². The van der Waals surface area contributed by atoms with Gasteiger partial charge in [0.2, 0.25) is 0 Å². The van der Waals surface area contributed by atoms with E-state index in [0.29, 0.717) is 0 Å². The molecule has 4 nitrogen and oxygen atoms in total. The molecule has 17 heavy (non-hydrogen) atoms. The van der Waals surface area contributed by atoms with E-state index in [4.69, 9.17) is 5.73 Å². The third kappa shape index (κ3) is 1.90. The van der Waals surface area contributed by atoms with Gasteiger partial charge in [0.1, 0.15) is 0 Å². The second-order valence-corrected chi connectivity index (χ2v) is 4.07. The molecule has 0 saturated carbocycles. The summed E-state index contributed by atoms with van der Waals surface area (Å²) in [6.45, 7) is 6.18. The van der Waals surface area contributed by atoms with Gasteiger partial charge in [-0.3, -0.25) is 0 Å². The quantitative estimate of drug-likeness (QED) is 0.880. The lowest BCUT2D eigenvalue weighted by Gasteiger charge is -2.07. The van der Waals surface area contributed by atoms with E-state index in [1.54, 1.807) is 6.20 Å². The van der Waals surface area contributed by atoms with Gasteiger partial charge in [-0.1, -0.05) is 19.9 Å². The molecule has 0 aliphatic heterocycles. The SMILES string of the molecule is CCc1nn(-c2ncccc2C)c(CC)c1N. The summed E-state index contributed by atoms with van der Waals surface area (Å²) in [4.78, 5) is 4.39. The topological polar surface area (TPSA) is 56.7 Å². The summed E-state index contributed by atoms with van der Waals surface area (Å²) in [5, 5.41) is 4.56. The van der Waals surface area contributed by atoms with Gasteiger partial charge in [0.15, 0.2) is 5.82 Å². The van der Waals surface area contributed by atoms with Gasteiger partial charge >= 0.3 is 0 Å². The van der Waals surface area contributed by atoms with Gasteiger partial charge in [0.25, 0.3) is 0 Å². The van der Waals surface area contributed by atoms with Crippen molar-refractivity contribution in [3.05, 3.63) is 35.3 Å². The Kier molecular flexibility index (Phi) is 3.13. The Balaban J connectivity index is 2.63. The fraction of sp³-hybridized carbons (Fsp3) is 0.385. The molecule has 0 aliphatic rings. The zero-order chi connectivity index (χ0) is 12.4. The Morgan fingerprint density at radius 3 is 2.65 bits per heavy atom. The van der Waals surface area contributed by atoms with E-state index in [1.165, 1.54) is 0 Å². The molecule has 0 radical (unpaired) electrons. The van der Waals surface area contributed by atoms with Crippen LogP contribution in [-0.4, -0.2) is 14.8 Å². The predicted molar refractivity (Wildman–Crippen MR) is 69.3 cm³/mol. The third-order valence-electron chi connectivity index (χ3n) is 2.95. The number of rotatable bonds is 3. The molecule has 0 fully saturated rings. The Morgan fingerprint density at radius 2 is 2.06 bits per heavy atom. The maximum Gasteiger partial charge on any atom is 0.156 e. The van der Waals surface area contributed by atoms with Crippen LogP contribution in [0.5, 0.6) is 0 Å². The van der Waals surface area contributed by atoms with E-state index < -0.39 is 0 Å². The number of aryl methyl sites for hydroxylation is 2. The van der Waals surface area contributed by atoms with Crippen molar-refractivity contribution in [1.82, 2.24) is 14.8 Å². The zero-order valence-corrected chi connectivity index (χ0v) is 10.6. The van der Waals surface area contributed by atoms with E-state index in [1.807, 2.05) is 23.7 Å². The summed E-state index contributed by atoms with van der Waals surface area (Å²) in [6.07, 6.45) is 3.48. The summed E-state index contributed by atoms with van der Waals surface area (Å²) >= 11 is 0. The highest BCUT2D eigenvalue weighted by molar-refractivity contribution is 5.51. The van der Waals surface area contributed by atoms with Crippen LogP contribution in [0.15, 0.2) is 18.3 Å². The fourth-order valence-corrected chi connectivity index (χ4v) is 1.99. The largest absolute Gasteiger partial charge is 0.396 e. The highest BCUT2D eigenvalue weighted by atomic mass is 15.3. The summed E-state index contributed by atoms with van der Waals surface area (Å²) in [5.74, 6) is 0.871. The first-order chi connectivity index (χ1) is 8.19. The van der Waals surface area contributed by atoms with Gasteiger partial charge in [-0.2, -0.15) is 5.10 Å². The average molecular weight is 230 g/mol. The van der Waals surface area contributed by atoms with Crippen molar-refractivity contribution in [2.45, 2.75) is 33.6 Å². The lowest BCUT2D eigenvalue weighted by Crippen LogP contribution is -2.06. The predicted octanol–water partition coefficient (Wildman–Crippen LogP) is 2.28. The van der Waals surface area contributed by atoms with Gasteiger partial charge in [-0.05, 0) is 31.4 Å². The van der Waals surface area contributed by atoms with E-state index in [-0.39, 0.29) is 0 Å². The monoisotopic (exact) mass is 230 g/mol. The van der Waals surface area contributed by atoms with E-state index >= 15 is 0 Å². The summed E-state index contributed by atoms with van der Waals surface area (Å²) in [7, 11) is 0. The minimum Gasteiger partial charge on any atom is -0.396 e. The standard InChI is InChI=1S/C13H18N4/c1-4-10-12(14)11(5-2)17(16-10)13-9(3)7-6-8-15-13/h6-8H,4-5,14H2,1-3H3. The smallest absolute Gasteiger partial charge is 0.156 e. The van der Waals surface area contributed by atoms with Crippen LogP contribution >= 0.6 is 0 Å². The average Bonchev–Trinajstić information content (AvgIpc) is 2.66. The minimum absolute atomic E-state index is 0.806. The number of nitrogens with zero attached hydrogens (tertiary/aromatic N) is 3. The lowest BCUT2D eigenvalue weighted by molar-refractivity contribution is 0.767. The first kappa shape index (κ1) is 11.6. The molecule has 0 bridgehead atoms.